The fraction of sp³-hybridized carbons (Fsp3) is 0.600. The van der Waals surface area contributed by atoms with Crippen molar-refractivity contribution in [2.45, 2.75) is 18.9 Å². The molecule has 0 bridgehead atoms. The third-order valence-electron chi connectivity index (χ3n) is 4.18. The SMILES string of the molecule is COC(C)CS(=O)(=O)N1C[C@@H](CN)[C@H](c2ccccc2)C1. The van der Waals surface area contributed by atoms with Crippen molar-refractivity contribution >= 4 is 10.0 Å². The topological polar surface area (TPSA) is 72.6 Å². The molecule has 0 aliphatic carbocycles. The average molecular weight is 312 g/mol. The van der Waals surface area contributed by atoms with Crippen LogP contribution in [0.1, 0.15) is 18.4 Å². The maximum absolute atomic E-state index is 12.4. The molecule has 1 aromatic rings. The third kappa shape index (κ3) is 3.83. The van der Waals surface area contributed by atoms with Crippen molar-refractivity contribution in [3.63, 3.8) is 0 Å². The van der Waals surface area contributed by atoms with Gasteiger partial charge in [-0.3, -0.25) is 0 Å². The van der Waals surface area contributed by atoms with Crippen molar-refractivity contribution in [3.8, 4) is 0 Å². The van der Waals surface area contributed by atoms with Crippen LogP contribution in [0.3, 0.4) is 0 Å². The van der Waals surface area contributed by atoms with Gasteiger partial charge < -0.3 is 10.5 Å². The summed E-state index contributed by atoms with van der Waals surface area (Å²) in [6.07, 6.45) is -0.304. The molecule has 0 spiro atoms. The smallest absolute Gasteiger partial charge is 0.216 e. The van der Waals surface area contributed by atoms with E-state index >= 15 is 0 Å². The Bertz CT molecular complexity index is 547. The Morgan fingerprint density at radius 3 is 2.57 bits per heavy atom. The average Bonchev–Trinajstić information content (AvgIpc) is 2.92. The molecule has 0 amide bonds. The fourth-order valence-corrected chi connectivity index (χ4v) is 4.59. The monoisotopic (exact) mass is 312 g/mol. The molecule has 5 nitrogen and oxygen atoms in total. The van der Waals surface area contributed by atoms with Gasteiger partial charge in [0.25, 0.3) is 0 Å². The van der Waals surface area contributed by atoms with Gasteiger partial charge in [0.05, 0.1) is 11.9 Å². The van der Waals surface area contributed by atoms with Crippen LogP contribution in [0.4, 0.5) is 0 Å². The number of ether oxygens (including phenoxy) is 1. The zero-order chi connectivity index (χ0) is 15.5. The Labute approximate surface area is 127 Å². The summed E-state index contributed by atoms with van der Waals surface area (Å²) in [5.41, 5.74) is 7.01. The standard InChI is InChI=1S/C15H24N2O3S/c1-12(20-2)11-21(18,19)17-9-14(8-16)15(10-17)13-6-4-3-5-7-13/h3-7,12,14-15H,8-11,16H2,1-2H3/t12?,14-,15+/m1/s1. The normalized spacial score (nSPS) is 25.1. The molecule has 1 unspecified atom stereocenters. The Kier molecular flexibility index (Phi) is 5.37. The summed E-state index contributed by atoms with van der Waals surface area (Å²) in [7, 11) is -1.78. The maximum atomic E-state index is 12.4. The summed E-state index contributed by atoms with van der Waals surface area (Å²) in [4.78, 5) is 0. The third-order valence-corrected chi connectivity index (χ3v) is 6.15. The summed E-state index contributed by atoms with van der Waals surface area (Å²) in [5, 5.41) is 0. The molecule has 0 radical (unpaired) electrons. The molecule has 1 fully saturated rings. The highest BCUT2D eigenvalue weighted by molar-refractivity contribution is 7.89. The Balaban J connectivity index is 2.15. The number of rotatable bonds is 6. The molecule has 2 N–H and O–H groups in total. The van der Waals surface area contributed by atoms with E-state index in [0.29, 0.717) is 19.6 Å². The van der Waals surface area contributed by atoms with E-state index in [2.05, 4.69) is 0 Å². The molecule has 2 rings (SSSR count). The minimum atomic E-state index is -3.30. The highest BCUT2D eigenvalue weighted by Crippen LogP contribution is 2.33. The number of nitrogens with two attached hydrogens (primary N) is 1. The number of benzene rings is 1. The molecule has 1 aliphatic rings. The van der Waals surface area contributed by atoms with E-state index in [1.54, 1.807) is 11.2 Å². The lowest BCUT2D eigenvalue weighted by Crippen LogP contribution is -2.35. The number of hydrogen-bond acceptors (Lipinski definition) is 4. The van der Waals surface area contributed by atoms with Gasteiger partial charge >= 0.3 is 0 Å². The minimum Gasteiger partial charge on any atom is -0.381 e. The molecule has 1 saturated heterocycles. The van der Waals surface area contributed by atoms with Gasteiger partial charge in [-0.1, -0.05) is 30.3 Å². The molecule has 21 heavy (non-hydrogen) atoms. The highest BCUT2D eigenvalue weighted by atomic mass is 32.2. The van der Waals surface area contributed by atoms with Gasteiger partial charge in [0.1, 0.15) is 0 Å². The van der Waals surface area contributed by atoms with E-state index in [0.717, 1.165) is 5.56 Å². The lowest BCUT2D eigenvalue weighted by atomic mass is 9.89. The predicted octanol–water partition coefficient (Wildman–Crippen LogP) is 1.03. The van der Waals surface area contributed by atoms with Crippen LogP contribution >= 0.6 is 0 Å². The van der Waals surface area contributed by atoms with Crippen LogP contribution in [-0.2, 0) is 14.8 Å². The number of methoxy groups -OCH3 is 1. The first-order chi connectivity index (χ1) is 9.97. The summed E-state index contributed by atoms with van der Waals surface area (Å²) in [6, 6.07) is 10.0. The Hall–Kier alpha value is -0.950. The van der Waals surface area contributed by atoms with E-state index < -0.39 is 10.0 Å². The molecule has 6 heteroatoms. The second-order valence-electron chi connectivity index (χ2n) is 5.65. The van der Waals surface area contributed by atoms with Gasteiger partial charge in [-0.25, -0.2) is 12.7 Å². The second kappa shape index (κ2) is 6.87. The van der Waals surface area contributed by atoms with E-state index in [4.69, 9.17) is 10.5 Å². The molecular weight excluding hydrogens is 288 g/mol. The molecule has 1 heterocycles. The van der Waals surface area contributed by atoms with Crippen molar-refractivity contribution in [1.82, 2.24) is 4.31 Å². The lowest BCUT2D eigenvalue weighted by molar-refractivity contribution is 0.135. The van der Waals surface area contributed by atoms with Crippen molar-refractivity contribution < 1.29 is 13.2 Å². The van der Waals surface area contributed by atoms with Gasteiger partial charge in [0.15, 0.2) is 0 Å². The fourth-order valence-electron chi connectivity index (χ4n) is 2.85. The van der Waals surface area contributed by atoms with Crippen molar-refractivity contribution in [3.05, 3.63) is 35.9 Å². The predicted molar refractivity (Wildman–Crippen MR) is 83.6 cm³/mol. The summed E-state index contributed by atoms with van der Waals surface area (Å²) in [6.45, 7) is 3.26. The summed E-state index contributed by atoms with van der Waals surface area (Å²) < 4.78 is 31.5. The lowest BCUT2D eigenvalue weighted by Gasteiger charge is -2.19. The summed E-state index contributed by atoms with van der Waals surface area (Å²) in [5.74, 6) is 0.353. The molecule has 1 aromatic carbocycles. The van der Waals surface area contributed by atoms with Crippen LogP contribution in [-0.4, -0.2) is 51.3 Å². The number of hydrogen-bond donors (Lipinski definition) is 1. The molecule has 0 aromatic heterocycles. The van der Waals surface area contributed by atoms with Gasteiger partial charge in [0, 0.05) is 26.1 Å². The van der Waals surface area contributed by atoms with Crippen LogP contribution in [0.25, 0.3) is 0 Å². The second-order valence-corrected chi connectivity index (χ2v) is 7.67. The van der Waals surface area contributed by atoms with E-state index in [1.165, 1.54) is 7.11 Å². The van der Waals surface area contributed by atoms with Crippen LogP contribution in [0.15, 0.2) is 30.3 Å². The van der Waals surface area contributed by atoms with E-state index in [9.17, 15) is 8.42 Å². The summed E-state index contributed by atoms with van der Waals surface area (Å²) >= 11 is 0. The first kappa shape index (κ1) is 16.4. The van der Waals surface area contributed by atoms with Gasteiger partial charge in [-0.15, -0.1) is 0 Å². The first-order valence-corrected chi connectivity index (χ1v) is 8.84. The van der Waals surface area contributed by atoms with E-state index in [1.807, 2.05) is 30.3 Å². The maximum Gasteiger partial charge on any atom is 0.216 e. The van der Waals surface area contributed by atoms with Crippen molar-refractivity contribution in [2.75, 3.05) is 32.5 Å². The molecular formula is C15H24N2O3S. The highest BCUT2D eigenvalue weighted by Gasteiger charge is 2.38. The first-order valence-electron chi connectivity index (χ1n) is 7.23. The molecule has 1 aliphatic heterocycles. The molecule has 0 saturated carbocycles. The van der Waals surface area contributed by atoms with Crippen LogP contribution in [0.2, 0.25) is 0 Å². The zero-order valence-electron chi connectivity index (χ0n) is 12.6. The Morgan fingerprint density at radius 2 is 2.00 bits per heavy atom. The van der Waals surface area contributed by atoms with E-state index in [-0.39, 0.29) is 23.7 Å². The quantitative estimate of drug-likeness (QED) is 0.851. The van der Waals surface area contributed by atoms with Gasteiger partial charge in [0.2, 0.25) is 10.0 Å². The molecule has 3 atom stereocenters. The Morgan fingerprint density at radius 1 is 1.33 bits per heavy atom. The van der Waals surface area contributed by atoms with Gasteiger partial charge in [-0.2, -0.15) is 0 Å². The van der Waals surface area contributed by atoms with Crippen LogP contribution < -0.4 is 5.73 Å². The van der Waals surface area contributed by atoms with Crippen molar-refractivity contribution in [1.29, 1.82) is 0 Å². The molecule has 118 valence electrons. The van der Waals surface area contributed by atoms with Crippen LogP contribution in [0, 0.1) is 5.92 Å². The zero-order valence-corrected chi connectivity index (χ0v) is 13.4. The number of nitrogens with zero attached hydrogens (tertiary/aromatic N) is 1. The number of sulfonamides is 1. The largest absolute Gasteiger partial charge is 0.381 e. The van der Waals surface area contributed by atoms with Crippen LogP contribution in [0.5, 0.6) is 0 Å². The van der Waals surface area contributed by atoms with Gasteiger partial charge in [-0.05, 0) is 24.9 Å². The van der Waals surface area contributed by atoms with Crippen molar-refractivity contribution in [2.24, 2.45) is 11.7 Å². The minimum absolute atomic E-state index is 0.0162.